The van der Waals surface area contributed by atoms with E-state index in [-0.39, 0.29) is 12.5 Å². The van der Waals surface area contributed by atoms with Crippen molar-refractivity contribution in [2.24, 2.45) is 5.73 Å². The Bertz CT molecular complexity index is 474. The van der Waals surface area contributed by atoms with Gasteiger partial charge in [-0.1, -0.05) is 0 Å². The maximum Gasteiger partial charge on any atom is 0.337 e. The van der Waals surface area contributed by atoms with Gasteiger partial charge in [0.1, 0.15) is 6.04 Å². The van der Waals surface area contributed by atoms with Crippen LogP contribution in [0.5, 0.6) is 0 Å². The summed E-state index contributed by atoms with van der Waals surface area (Å²) >= 11 is 0. The predicted octanol–water partition coefficient (Wildman–Crippen LogP) is 0.694. The number of nitrogens with two attached hydrogens (primary N) is 1. The molecule has 19 heavy (non-hydrogen) atoms. The molecule has 0 saturated heterocycles. The van der Waals surface area contributed by atoms with E-state index in [9.17, 15) is 9.59 Å². The molecule has 0 aliphatic carbocycles. The highest BCUT2D eigenvalue weighted by Crippen LogP contribution is 2.17. The van der Waals surface area contributed by atoms with Crippen LogP contribution in [0.4, 0.5) is 5.69 Å². The van der Waals surface area contributed by atoms with Gasteiger partial charge in [-0.05, 0) is 30.7 Å². The number of anilines is 1. The van der Waals surface area contributed by atoms with Crippen LogP contribution in [0.2, 0.25) is 0 Å². The average molecular weight is 266 g/mol. The summed E-state index contributed by atoms with van der Waals surface area (Å²) in [6, 6.07) is 4.13. The predicted molar refractivity (Wildman–Crippen MR) is 71.0 cm³/mol. The van der Waals surface area contributed by atoms with Crippen molar-refractivity contribution in [1.82, 2.24) is 0 Å². The fraction of sp³-hybridized carbons (Fsp3) is 0.385. The Morgan fingerprint density at radius 3 is 2.58 bits per heavy atom. The van der Waals surface area contributed by atoms with Crippen molar-refractivity contribution in [1.29, 1.82) is 0 Å². The summed E-state index contributed by atoms with van der Waals surface area (Å²) in [6.45, 7) is 1.93. The number of carbonyl (C=O) groups is 2. The lowest BCUT2D eigenvalue weighted by atomic mass is 10.1. The van der Waals surface area contributed by atoms with E-state index in [0.717, 1.165) is 5.56 Å². The van der Waals surface area contributed by atoms with Gasteiger partial charge in [0.15, 0.2) is 0 Å². The van der Waals surface area contributed by atoms with Crippen LogP contribution < -0.4 is 11.1 Å². The highest BCUT2D eigenvalue weighted by molar-refractivity contribution is 5.96. The molecule has 1 amide bonds. The first-order valence-corrected chi connectivity index (χ1v) is 5.74. The summed E-state index contributed by atoms with van der Waals surface area (Å²) in [5.74, 6) is -0.757. The fourth-order valence-corrected chi connectivity index (χ4v) is 1.53. The van der Waals surface area contributed by atoms with Crippen molar-refractivity contribution >= 4 is 17.6 Å². The molecule has 1 rings (SSSR count). The molecule has 6 heteroatoms. The van der Waals surface area contributed by atoms with Crippen molar-refractivity contribution in [2.45, 2.75) is 13.0 Å². The number of benzene rings is 1. The van der Waals surface area contributed by atoms with Gasteiger partial charge < -0.3 is 20.5 Å². The molecule has 1 aromatic carbocycles. The molecule has 6 nitrogen and oxygen atoms in total. The number of hydrogen-bond acceptors (Lipinski definition) is 5. The second-order valence-corrected chi connectivity index (χ2v) is 4.07. The maximum atomic E-state index is 11.7. The largest absolute Gasteiger partial charge is 0.465 e. The van der Waals surface area contributed by atoms with Crippen LogP contribution in [0.15, 0.2) is 18.2 Å². The third-order valence-electron chi connectivity index (χ3n) is 2.59. The van der Waals surface area contributed by atoms with Gasteiger partial charge in [-0.25, -0.2) is 4.79 Å². The van der Waals surface area contributed by atoms with Gasteiger partial charge in [0, 0.05) is 12.8 Å². The molecule has 1 unspecified atom stereocenters. The lowest BCUT2D eigenvalue weighted by Crippen LogP contribution is -2.39. The van der Waals surface area contributed by atoms with Crippen LogP contribution >= 0.6 is 0 Å². The molecule has 0 fully saturated rings. The Balaban J connectivity index is 2.80. The number of rotatable bonds is 5. The summed E-state index contributed by atoms with van der Waals surface area (Å²) in [4.78, 5) is 23.1. The Labute approximate surface area is 111 Å². The Morgan fingerprint density at radius 2 is 2.05 bits per heavy atom. The van der Waals surface area contributed by atoms with Gasteiger partial charge in [0.05, 0.1) is 19.3 Å². The van der Waals surface area contributed by atoms with Gasteiger partial charge in [-0.3, -0.25) is 4.79 Å². The molecule has 0 spiro atoms. The van der Waals surface area contributed by atoms with Crippen LogP contribution in [-0.2, 0) is 14.3 Å². The third-order valence-corrected chi connectivity index (χ3v) is 2.59. The van der Waals surface area contributed by atoms with E-state index in [4.69, 9.17) is 10.5 Å². The van der Waals surface area contributed by atoms with Crippen molar-refractivity contribution in [2.75, 3.05) is 26.1 Å². The summed E-state index contributed by atoms with van der Waals surface area (Å²) in [5.41, 5.74) is 7.40. The van der Waals surface area contributed by atoms with Gasteiger partial charge in [-0.2, -0.15) is 0 Å². The lowest BCUT2D eigenvalue weighted by molar-refractivity contribution is -0.118. The van der Waals surface area contributed by atoms with Crippen LogP contribution in [0.3, 0.4) is 0 Å². The zero-order valence-corrected chi connectivity index (χ0v) is 11.2. The molecule has 104 valence electrons. The minimum atomic E-state index is -0.732. The highest BCUT2D eigenvalue weighted by Gasteiger charge is 2.15. The molecule has 0 saturated carbocycles. The van der Waals surface area contributed by atoms with Crippen LogP contribution in [0.1, 0.15) is 15.9 Å². The first kappa shape index (κ1) is 15.1. The summed E-state index contributed by atoms with van der Waals surface area (Å²) in [5, 5.41) is 2.68. The smallest absolute Gasteiger partial charge is 0.337 e. The van der Waals surface area contributed by atoms with Crippen LogP contribution in [-0.4, -0.2) is 38.7 Å². The molecule has 0 aliphatic rings. The number of nitrogens with one attached hydrogen (secondary N) is 1. The van der Waals surface area contributed by atoms with E-state index in [1.54, 1.807) is 25.1 Å². The molecule has 0 aromatic heterocycles. The van der Waals surface area contributed by atoms with Gasteiger partial charge in [0.25, 0.3) is 0 Å². The second-order valence-electron chi connectivity index (χ2n) is 4.07. The molecule has 0 bridgehead atoms. The van der Waals surface area contributed by atoms with Gasteiger partial charge in [0.2, 0.25) is 5.91 Å². The Hall–Kier alpha value is -1.92. The fourth-order valence-electron chi connectivity index (χ4n) is 1.53. The molecule has 0 radical (unpaired) electrons. The summed E-state index contributed by atoms with van der Waals surface area (Å²) in [6.07, 6.45) is 0. The van der Waals surface area contributed by atoms with Gasteiger partial charge in [-0.15, -0.1) is 0 Å². The SMILES string of the molecule is COCC(N)C(=O)Nc1ccc(C(=O)OC)cc1C. The summed E-state index contributed by atoms with van der Waals surface area (Å²) < 4.78 is 9.43. The van der Waals surface area contributed by atoms with E-state index in [0.29, 0.717) is 11.3 Å². The van der Waals surface area contributed by atoms with Crippen molar-refractivity contribution < 1.29 is 19.1 Å². The molecule has 3 N–H and O–H groups in total. The number of esters is 1. The quantitative estimate of drug-likeness (QED) is 0.765. The second kappa shape index (κ2) is 6.86. The monoisotopic (exact) mass is 266 g/mol. The van der Waals surface area contributed by atoms with Crippen LogP contribution in [0, 0.1) is 6.92 Å². The minimum absolute atomic E-state index is 0.144. The van der Waals surface area contributed by atoms with Crippen molar-refractivity contribution in [3.05, 3.63) is 29.3 Å². The third kappa shape index (κ3) is 4.04. The minimum Gasteiger partial charge on any atom is -0.465 e. The Kier molecular flexibility index (Phi) is 5.47. The summed E-state index contributed by atoms with van der Waals surface area (Å²) in [7, 11) is 2.79. The molecule has 0 aliphatic heterocycles. The van der Waals surface area contributed by atoms with E-state index >= 15 is 0 Å². The van der Waals surface area contributed by atoms with E-state index in [1.807, 2.05) is 0 Å². The molecular formula is C13H18N2O4. The maximum absolute atomic E-state index is 11.7. The number of hydrogen-bond donors (Lipinski definition) is 2. The number of ether oxygens (including phenoxy) is 2. The van der Waals surface area contributed by atoms with E-state index < -0.39 is 12.0 Å². The topological polar surface area (TPSA) is 90.6 Å². The molecule has 1 aromatic rings. The first-order chi connectivity index (χ1) is 8.99. The number of methoxy groups -OCH3 is 2. The highest BCUT2D eigenvalue weighted by atomic mass is 16.5. The van der Waals surface area contributed by atoms with E-state index in [2.05, 4.69) is 10.1 Å². The zero-order valence-electron chi connectivity index (χ0n) is 11.2. The molecule has 0 heterocycles. The first-order valence-electron chi connectivity index (χ1n) is 5.74. The van der Waals surface area contributed by atoms with Gasteiger partial charge >= 0.3 is 5.97 Å². The van der Waals surface area contributed by atoms with Crippen molar-refractivity contribution in [3.63, 3.8) is 0 Å². The number of aryl methyl sites for hydroxylation is 1. The van der Waals surface area contributed by atoms with Crippen LogP contribution in [0.25, 0.3) is 0 Å². The number of amides is 1. The lowest BCUT2D eigenvalue weighted by Gasteiger charge is -2.13. The van der Waals surface area contributed by atoms with E-state index in [1.165, 1.54) is 14.2 Å². The van der Waals surface area contributed by atoms with Crippen molar-refractivity contribution in [3.8, 4) is 0 Å². The Morgan fingerprint density at radius 1 is 1.37 bits per heavy atom. The molecule has 1 atom stereocenters. The number of carbonyl (C=O) groups excluding carboxylic acids is 2. The average Bonchev–Trinajstić information content (AvgIpc) is 2.40. The standard InChI is InChI=1S/C13H18N2O4/c1-8-6-9(13(17)19-3)4-5-11(8)15-12(16)10(14)7-18-2/h4-6,10H,7,14H2,1-3H3,(H,15,16). The normalized spacial score (nSPS) is 11.8. The zero-order chi connectivity index (χ0) is 14.4. The molecular weight excluding hydrogens is 248 g/mol.